The van der Waals surface area contributed by atoms with Crippen molar-refractivity contribution in [1.82, 2.24) is 4.90 Å². The van der Waals surface area contributed by atoms with Crippen LogP contribution in [0.1, 0.15) is 27.7 Å². The zero-order valence-corrected chi connectivity index (χ0v) is 14.6. The molecular weight excluding hydrogens is 311 g/mol. The average Bonchev–Trinajstić information content (AvgIpc) is 2.40. The number of nitrogens with one attached hydrogen (secondary N) is 1. The molecule has 1 aromatic rings. The van der Waals surface area contributed by atoms with Crippen molar-refractivity contribution in [3.05, 3.63) is 29.3 Å². The molecular formula is C15H24Cl2N2O2. The van der Waals surface area contributed by atoms with Crippen LogP contribution in [-0.4, -0.2) is 36.2 Å². The Hall–Kier alpha value is -0.970. The second kappa shape index (κ2) is 9.13. The molecule has 0 aliphatic heterocycles. The summed E-state index contributed by atoms with van der Waals surface area (Å²) in [6.45, 7) is 10.5. The van der Waals surface area contributed by atoms with Crippen molar-refractivity contribution in [2.45, 2.75) is 33.2 Å². The van der Waals surface area contributed by atoms with Gasteiger partial charge in [0.15, 0.2) is 0 Å². The van der Waals surface area contributed by atoms with E-state index in [-0.39, 0.29) is 17.9 Å². The number of hydrogen-bond donors (Lipinski definition) is 1. The molecule has 4 nitrogen and oxygen atoms in total. The maximum atomic E-state index is 11.8. The van der Waals surface area contributed by atoms with Gasteiger partial charge >= 0.3 is 6.09 Å². The van der Waals surface area contributed by atoms with Crippen molar-refractivity contribution in [3.63, 3.8) is 0 Å². The Bertz CT molecular complexity index is 449. The molecule has 0 saturated heterocycles. The Morgan fingerprint density at radius 3 is 2.38 bits per heavy atom. The van der Waals surface area contributed by atoms with Gasteiger partial charge in [-0.15, -0.1) is 12.4 Å². The van der Waals surface area contributed by atoms with Crippen LogP contribution in [0.2, 0.25) is 5.02 Å². The summed E-state index contributed by atoms with van der Waals surface area (Å²) in [6.07, 6.45) is -0.488. The monoisotopic (exact) mass is 334 g/mol. The summed E-state index contributed by atoms with van der Waals surface area (Å²) >= 11 is 5.98. The van der Waals surface area contributed by atoms with Crippen LogP contribution in [0.25, 0.3) is 0 Å². The molecule has 0 aromatic heterocycles. The minimum atomic E-state index is -0.488. The van der Waals surface area contributed by atoms with Crippen LogP contribution in [0.4, 0.5) is 10.5 Å². The summed E-state index contributed by atoms with van der Waals surface area (Å²) in [5, 5.41) is 3.14. The number of carbonyl (C=O) groups excluding carboxylic acids is 1. The topological polar surface area (TPSA) is 41.6 Å². The van der Waals surface area contributed by atoms with Crippen LogP contribution in [-0.2, 0) is 4.74 Å². The highest BCUT2D eigenvalue weighted by Gasteiger charge is 2.26. The van der Waals surface area contributed by atoms with Crippen LogP contribution in [0.3, 0.4) is 0 Å². The highest BCUT2D eigenvalue weighted by molar-refractivity contribution is 6.33. The van der Waals surface area contributed by atoms with E-state index in [0.29, 0.717) is 17.3 Å². The third-order valence-electron chi connectivity index (χ3n) is 3.29. The zero-order valence-electron chi connectivity index (χ0n) is 13.0. The molecule has 1 aromatic carbocycles. The molecule has 0 aliphatic rings. The van der Waals surface area contributed by atoms with E-state index < -0.39 is 6.09 Å². The number of benzene rings is 1. The van der Waals surface area contributed by atoms with E-state index in [1.54, 1.807) is 18.2 Å². The predicted octanol–water partition coefficient (Wildman–Crippen LogP) is 4.43. The normalized spacial score (nSPS) is 11.0. The number of ether oxygens (including phenoxy) is 1. The van der Waals surface area contributed by atoms with Crippen LogP contribution >= 0.6 is 24.0 Å². The van der Waals surface area contributed by atoms with Crippen LogP contribution < -0.4 is 5.32 Å². The molecule has 1 rings (SSSR count). The first-order chi connectivity index (χ1) is 9.40. The van der Waals surface area contributed by atoms with Crippen molar-refractivity contribution in [1.29, 1.82) is 0 Å². The van der Waals surface area contributed by atoms with Gasteiger partial charge in [0.05, 0.1) is 10.7 Å². The van der Waals surface area contributed by atoms with E-state index in [2.05, 4.69) is 37.9 Å². The van der Waals surface area contributed by atoms with Crippen molar-refractivity contribution in [2.24, 2.45) is 0 Å². The van der Waals surface area contributed by atoms with Crippen LogP contribution in [0.5, 0.6) is 0 Å². The maximum Gasteiger partial charge on any atom is 0.411 e. The summed E-state index contributed by atoms with van der Waals surface area (Å²) < 4.78 is 5.30. The van der Waals surface area contributed by atoms with Crippen LogP contribution in [0.15, 0.2) is 24.3 Å². The standard InChI is InChI=1S/C15H23ClN2O2.ClH/c1-5-18(6-2)15(3,4)11-20-14(19)17-13-10-8-7-9-12(13)16;/h7-10H,5-6,11H2,1-4H3,(H,17,19);1H. The van der Waals surface area contributed by atoms with Gasteiger partial charge in [-0.3, -0.25) is 10.2 Å². The molecule has 120 valence electrons. The summed E-state index contributed by atoms with van der Waals surface area (Å²) in [5.41, 5.74) is 0.362. The lowest BCUT2D eigenvalue weighted by Gasteiger charge is -2.36. The lowest BCUT2D eigenvalue weighted by Crippen LogP contribution is -2.47. The van der Waals surface area contributed by atoms with Gasteiger partial charge in [0.1, 0.15) is 6.61 Å². The van der Waals surface area contributed by atoms with Crippen molar-refractivity contribution in [3.8, 4) is 0 Å². The molecule has 1 amide bonds. The zero-order chi connectivity index (χ0) is 15.2. The van der Waals surface area contributed by atoms with Gasteiger partial charge in [-0.1, -0.05) is 37.6 Å². The average molecular weight is 335 g/mol. The second-order valence-corrected chi connectivity index (χ2v) is 5.57. The van der Waals surface area contributed by atoms with Gasteiger partial charge in [-0.05, 0) is 39.1 Å². The Kier molecular flexibility index (Phi) is 8.71. The van der Waals surface area contributed by atoms with Crippen molar-refractivity contribution >= 4 is 35.8 Å². The molecule has 0 atom stereocenters. The molecule has 0 aliphatic carbocycles. The molecule has 1 N–H and O–H groups in total. The summed E-state index contributed by atoms with van der Waals surface area (Å²) in [5.74, 6) is 0. The lowest BCUT2D eigenvalue weighted by atomic mass is 10.0. The van der Waals surface area contributed by atoms with E-state index in [1.807, 2.05) is 6.07 Å². The van der Waals surface area contributed by atoms with Gasteiger partial charge in [-0.25, -0.2) is 4.79 Å². The number of carbonyl (C=O) groups is 1. The molecule has 0 saturated carbocycles. The smallest absolute Gasteiger partial charge is 0.411 e. The molecule has 6 heteroatoms. The van der Waals surface area contributed by atoms with Crippen molar-refractivity contribution in [2.75, 3.05) is 25.0 Å². The van der Waals surface area contributed by atoms with Gasteiger partial charge < -0.3 is 4.74 Å². The molecule has 0 fully saturated rings. The number of rotatable bonds is 6. The third-order valence-corrected chi connectivity index (χ3v) is 3.62. The second-order valence-electron chi connectivity index (χ2n) is 5.17. The number of amides is 1. The van der Waals surface area contributed by atoms with E-state index in [0.717, 1.165) is 13.1 Å². The molecule has 0 spiro atoms. The number of halogens is 2. The first-order valence-electron chi connectivity index (χ1n) is 6.84. The summed E-state index contributed by atoms with van der Waals surface area (Å²) in [4.78, 5) is 14.0. The van der Waals surface area contributed by atoms with Gasteiger partial charge in [0.2, 0.25) is 0 Å². The van der Waals surface area contributed by atoms with Gasteiger partial charge in [0.25, 0.3) is 0 Å². The minimum Gasteiger partial charge on any atom is -0.447 e. The van der Waals surface area contributed by atoms with Gasteiger partial charge in [0, 0.05) is 5.54 Å². The summed E-state index contributed by atoms with van der Waals surface area (Å²) in [7, 11) is 0. The number of likely N-dealkylation sites (N-methyl/N-ethyl adjacent to an activating group) is 1. The fourth-order valence-electron chi connectivity index (χ4n) is 2.12. The first kappa shape index (κ1) is 20.0. The lowest BCUT2D eigenvalue weighted by molar-refractivity contribution is 0.0523. The quantitative estimate of drug-likeness (QED) is 0.836. The maximum absolute atomic E-state index is 11.8. The third kappa shape index (κ3) is 6.12. The SMILES string of the molecule is CCN(CC)C(C)(C)COC(=O)Nc1ccccc1Cl.Cl. The van der Waals surface area contributed by atoms with Crippen LogP contribution in [0, 0.1) is 0 Å². The van der Waals surface area contributed by atoms with E-state index in [4.69, 9.17) is 16.3 Å². The molecule has 0 unspecified atom stereocenters. The van der Waals surface area contributed by atoms with E-state index in [1.165, 1.54) is 0 Å². The minimum absolute atomic E-state index is 0. The highest BCUT2D eigenvalue weighted by Crippen LogP contribution is 2.21. The van der Waals surface area contributed by atoms with Gasteiger partial charge in [-0.2, -0.15) is 0 Å². The van der Waals surface area contributed by atoms with Crippen molar-refractivity contribution < 1.29 is 9.53 Å². The Labute approximate surface area is 138 Å². The van der Waals surface area contributed by atoms with E-state index in [9.17, 15) is 4.79 Å². The Morgan fingerprint density at radius 1 is 1.29 bits per heavy atom. The van der Waals surface area contributed by atoms with E-state index >= 15 is 0 Å². The highest BCUT2D eigenvalue weighted by atomic mass is 35.5. The Balaban J connectivity index is 0.00000400. The molecule has 21 heavy (non-hydrogen) atoms. The number of nitrogens with zero attached hydrogens (tertiary/aromatic N) is 1. The molecule has 0 bridgehead atoms. The number of para-hydroxylation sites is 1. The number of hydrogen-bond acceptors (Lipinski definition) is 3. The fraction of sp³-hybridized carbons (Fsp3) is 0.533. The molecule has 0 radical (unpaired) electrons. The summed E-state index contributed by atoms with van der Waals surface area (Å²) in [6, 6.07) is 7.07. The predicted molar refractivity (Wildman–Crippen MR) is 90.7 cm³/mol. The Morgan fingerprint density at radius 2 is 1.86 bits per heavy atom. The largest absolute Gasteiger partial charge is 0.447 e. The number of anilines is 1. The fourth-order valence-corrected chi connectivity index (χ4v) is 2.30. The first-order valence-corrected chi connectivity index (χ1v) is 7.22. The molecule has 0 heterocycles.